The summed E-state index contributed by atoms with van der Waals surface area (Å²) in [4.78, 5) is 27.4. The molecule has 0 aliphatic heterocycles. The van der Waals surface area contributed by atoms with Crippen LogP contribution in [0.25, 0.3) is 10.8 Å². The summed E-state index contributed by atoms with van der Waals surface area (Å²) >= 11 is 12.1. The topological polar surface area (TPSA) is 67.9 Å². The predicted octanol–water partition coefficient (Wildman–Crippen LogP) is 6.29. The van der Waals surface area contributed by atoms with Crippen molar-refractivity contribution in [1.82, 2.24) is 5.32 Å². The Bertz CT molecular complexity index is 963. The van der Waals surface area contributed by atoms with Gasteiger partial charge in [0.1, 0.15) is 11.2 Å². The van der Waals surface area contributed by atoms with Crippen LogP contribution in [0, 0.1) is 0 Å². The molecule has 2 rings (SSSR count). The second kappa shape index (κ2) is 12.7. The van der Waals surface area contributed by atoms with Gasteiger partial charge in [-0.05, 0) is 65.0 Å². The molecule has 0 unspecified atom stereocenters. The first-order valence-electron chi connectivity index (χ1n) is 11.9. The molecule has 0 aromatic heterocycles. The fourth-order valence-corrected chi connectivity index (χ4v) is 4.26. The van der Waals surface area contributed by atoms with Crippen LogP contribution in [0.1, 0.15) is 53.5 Å². The van der Waals surface area contributed by atoms with E-state index in [4.69, 9.17) is 32.7 Å². The van der Waals surface area contributed by atoms with Crippen molar-refractivity contribution in [2.45, 2.75) is 71.6 Å². The van der Waals surface area contributed by atoms with E-state index in [1.165, 1.54) is 0 Å². The fraction of sp³-hybridized carbons (Fsp3) is 0.556. The van der Waals surface area contributed by atoms with E-state index in [0.717, 1.165) is 22.0 Å². The first kappa shape index (κ1) is 29.1. The van der Waals surface area contributed by atoms with E-state index >= 15 is 0 Å². The number of benzene rings is 2. The molecule has 2 aromatic rings. The van der Waals surface area contributed by atoms with E-state index in [1.54, 1.807) is 20.8 Å². The van der Waals surface area contributed by atoms with Crippen LogP contribution in [0.15, 0.2) is 36.4 Å². The summed E-state index contributed by atoms with van der Waals surface area (Å²) in [7, 11) is 0. The summed E-state index contributed by atoms with van der Waals surface area (Å²) in [6, 6.07) is 11.7. The Labute approximate surface area is 219 Å². The summed E-state index contributed by atoms with van der Waals surface area (Å²) < 4.78 is 11.0. The third-order valence-electron chi connectivity index (χ3n) is 5.06. The number of nitrogens with one attached hydrogen (secondary N) is 1. The maximum Gasteiger partial charge on any atom is 0.407 e. The highest BCUT2D eigenvalue weighted by Crippen LogP contribution is 2.31. The highest BCUT2D eigenvalue weighted by atomic mass is 35.5. The van der Waals surface area contributed by atoms with Crippen LogP contribution >= 0.6 is 23.2 Å². The molecule has 1 amide bonds. The van der Waals surface area contributed by atoms with Gasteiger partial charge >= 0.3 is 12.1 Å². The number of alkyl halides is 2. The Morgan fingerprint density at radius 2 is 1.46 bits per heavy atom. The van der Waals surface area contributed by atoms with Gasteiger partial charge in [0.15, 0.2) is 0 Å². The van der Waals surface area contributed by atoms with Crippen molar-refractivity contribution in [3.05, 3.63) is 42.0 Å². The molecular weight excluding hydrogens is 487 g/mol. The van der Waals surface area contributed by atoms with Gasteiger partial charge in [0, 0.05) is 42.0 Å². The van der Waals surface area contributed by atoms with Gasteiger partial charge in [-0.2, -0.15) is 0 Å². The molecule has 194 valence electrons. The Kier molecular flexibility index (Phi) is 10.5. The minimum absolute atomic E-state index is 0.0250. The highest BCUT2D eigenvalue weighted by Gasteiger charge is 2.25. The maximum absolute atomic E-state index is 12.6. The molecule has 0 radical (unpaired) electrons. The zero-order valence-electron chi connectivity index (χ0n) is 21.6. The van der Waals surface area contributed by atoms with Gasteiger partial charge in [0.2, 0.25) is 0 Å². The number of esters is 1. The average Bonchev–Trinajstić information content (AvgIpc) is 2.71. The van der Waals surface area contributed by atoms with Crippen LogP contribution in [0.5, 0.6) is 0 Å². The molecule has 35 heavy (non-hydrogen) atoms. The second-order valence-corrected chi connectivity index (χ2v) is 11.2. The monoisotopic (exact) mass is 524 g/mol. The van der Waals surface area contributed by atoms with Gasteiger partial charge < -0.3 is 19.7 Å². The first-order chi connectivity index (χ1) is 16.3. The molecule has 0 bridgehead atoms. The number of fused-ring (bicyclic) bond motifs is 1. The van der Waals surface area contributed by atoms with Gasteiger partial charge in [-0.3, -0.25) is 4.79 Å². The molecule has 0 saturated heterocycles. The highest BCUT2D eigenvalue weighted by molar-refractivity contribution is 6.18. The smallest absolute Gasteiger partial charge is 0.407 e. The standard InChI is InChI=1S/C27H38Cl2N2O4/c1-26(2,3)34-24(32)18-20(30-25(33)35-27(4,5)6)17-19-11-12-23(31(15-13-28)16-14-29)22-10-8-7-9-21(19)22/h7-12,20H,13-18H2,1-6H3,(H,30,33)/t20-/m0/s1. The third-order valence-corrected chi connectivity index (χ3v) is 5.40. The number of alkyl carbamates (subject to hydrolysis) is 1. The zero-order chi connectivity index (χ0) is 26.2. The van der Waals surface area contributed by atoms with Gasteiger partial charge in [-0.15, -0.1) is 23.2 Å². The van der Waals surface area contributed by atoms with Crippen molar-refractivity contribution in [1.29, 1.82) is 0 Å². The van der Waals surface area contributed by atoms with Crippen LogP contribution in [-0.2, 0) is 20.7 Å². The number of nitrogens with zero attached hydrogens (tertiary/aromatic N) is 1. The van der Waals surface area contributed by atoms with Crippen LogP contribution in [-0.4, -0.2) is 54.2 Å². The Morgan fingerprint density at radius 3 is 2.00 bits per heavy atom. The van der Waals surface area contributed by atoms with E-state index in [1.807, 2.05) is 45.0 Å². The Morgan fingerprint density at radius 1 is 0.886 bits per heavy atom. The average molecular weight is 526 g/mol. The number of amides is 1. The number of hydrogen-bond donors (Lipinski definition) is 1. The largest absolute Gasteiger partial charge is 0.460 e. The van der Waals surface area contributed by atoms with Crippen molar-refractivity contribution < 1.29 is 19.1 Å². The first-order valence-corrected chi connectivity index (χ1v) is 13.0. The molecule has 0 spiro atoms. The molecule has 0 aliphatic rings. The third kappa shape index (κ3) is 9.77. The number of carbonyl (C=O) groups is 2. The molecule has 8 heteroatoms. The summed E-state index contributed by atoms with van der Waals surface area (Å²) in [5.74, 6) is 0.602. The van der Waals surface area contributed by atoms with E-state index in [9.17, 15) is 9.59 Å². The van der Waals surface area contributed by atoms with E-state index < -0.39 is 23.3 Å². The van der Waals surface area contributed by atoms with Crippen molar-refractivity contribution in [2.75, 3.05) is 29.7 Å². The number of anilines is 1. The number of ether oxygens (including phenoxy) is 2. The minimum atomic E-state index is -0.650. The van der Waals surface area contributed by atoms with Gasteiger partial charge in [0.05, 0.1) is 6.42 Å². The van der Waals surface area contributed by atoms with Crippen molar-refractivity contribution in [3.8, 4) is 0 Å². The Hall–Kier alpha value is -2.18. The quantitative estimate of drug-likeness (QED) is 0.292. The van der Waals surface area contributed by atoms with Crippen molar-refractivity contribution in [2.24, 2.45) is 0 Å². The van der Waals surface area contributed by atoms with Gasteiger partial charge in [-0.25, -0.2) is 4.79 Å². The number of rotatable bonds is 10. The van der Waals surface area contributed by atoms with Crippen molar-refractivity contribution in [3.63, 3.8) is 0 Å². The summed E-state index contributed by atoms with van der Waals surface area (Å²) in [6.45, 7) is 12.2. The molecule has 1 atom stereocenters. The molecule has 2 aromatic carbocycles. The minimum Gasteiger partial charge on any atom is -0.460 e. The molecule has 0 fully saturated rings. The summed E-state index contributed by atoms with van der Waals surface area (Å²) in [5, 5.41) is 4.98. The van der Waals surface area contributed by atoms with E-state index in [0.29, 0.717) is 31.3 Å². The SMILES string of the molecule is CC(C)(C)OC(=O)C[C@H](Cc1ccc(N(CCCl)CCCl)c2ccccc12)NC(=O)OC(C)(C)C. The second-order valence-electron chi connectivity index (χ2n) is 10.5. The van der Waals surface area contributed by atoms with Crippen molar-refractivity contribution >= 4 is 51.7 Å². The normalized spacial score (nSPS) is 12.8. The number of halogens is 2. The lowest BCUT2D eigenvalue weighted by Crippen LogP contribution is -2.42. The zero-order valence-corrected chi connectivity index (χ0v) is 23.1. The van der Waals surface area contributed by atoms with Crippen LogP contribution < -0.4 is 10.2 Å². The Balaban J connectivity index is 2.39. The number of carbonyl (C=O) groups excluding carboxylic acids is 2. The lowest BCUT2D eigenvalue weighted by Gasteiger charge is -2.27. The maximum atomic E-state index is 12.6. The lowest BCUT2D eigenvalue weighted by atomic mass is 9.96. The van der Waals surface area contributed by atoms with Crippen LogP contribution in [0.4, 0.5) is 10.5 Å². The molecular formula is C27H38Cl2N2O4. The molecule has 0 aliphatic carbocycles. The fourth-order valence-electron chi connectivity index (χ4n) is 3.85. The summed E-state index contributed by atoms with van der Waals surface area (Å²) in [5.41, 5.74) is 0.791. The molecule has 1 N–H and O–H groups in total. The summed E-state index contributed by atoms with van der Waals surface area (Å²) in [6.07, 6.45) is -0.107. The van der Waals surface area contributed by atoms with Crippen LogP contribution in [0.2, 0.25) is 0 Å². The number of hydrogen-bond acceptors (Lipinski definition) is 5. The molecule has 6 nitrogen and oxygen atoms in total. The van der Waals surface area contributed by atoms with Crippen LogP contribution in [0.3, 0.4) is 0 Å². The predicted molar refractivity (Wildman–Crippen MR) is 145 cm³/mol. The van der Waals surface area contributed by atoms with Gasteiger partial charge in [0.25, 0.3) is 0 Å². The van der Waals surface area contributed by atoms with E-state index in [2.05, 4.69) is 22.3 Å². The molecule has 0 saturated carbocycles. The lowest BCUT2D eigenvalue weighted by molar-refractivity contribution is -0.155. The van der Waals surface area contributed by atoms with E-state index in [-0.39, 0.29) is 12.4 Å². The van der Waals surface area contributed by atoms with Gasteiger partial charge in [-0.1, -0.05) is 30.3 Å². The molecule has 0 heterocycles.